The van der Waals surface area contributed by atoms with Crippen molar-refractivity contribution in [1.82, 2.24) is 9.97 Å². The summed E-state index contributed by atoms with van der Waals surface area (Å²) in [4.78, 5) is 7.72. The molecule has 0 radical (unpaired) electrons. The maximum atomic E-state index is 13.2. The minimum Gasteiger partial charge on any atom is -0.496 e. The van der Waals surface area contributed by atoms with Gasteiger partial charge in [-0.3, -0.25) is 0 Å². The molecule has 0 atom stereocenters. The predicted molar refractivity (Wildman–Crippen MR) is 108 cm³/mol. The number of anilines is 1. The molecule has 3 aromatic rings. The maximum absolute atomic E-state index is 13.2. The van der Waals surface area contributed by atoms with E-state index in [0.717, 1.165) is 28.6 Å². The van der Waals surface area contributed by atoms with Gasteiger partial charge in [-0.2, -0.15) is 18.2 Å². The average molecular weight is 431 g/mol. The molecule has 0 aliphatic carbocycles. The third-order valence-corrected chi connectivity index (χ3v) is 4.77. The number of hydrogen-bond acceptors (Lipinski definition) is 6. The molecule has 0 unspecified atom stereocenters. The number of hydrogen-bond donors (Lipinski definition) is 1. The Labute approximate surface area is 177 Å². The number of nitrogens with one attached hydrogen (secondary N) is 1. The van der Waals surface area contributed by atoms with Crippen LogP contribution < -0.4 is 14.8 Å². The van der Waals surface area contributed by atoms with Crippen molar-refractivity contribution in [2.24, 2.45) is 0 Å². The fraction of sp³-hybridized carbons (Fsp3) is 0.273. The van der Waals surface area contributed by atoms with E-state index in [2.05, 4.69) is 15.3 Å². The molecule has 1 aliphatic heterocycles. The molecule has 4 rings (SSSR count). The van der Waals surface area contributed by atoms with Crippen LogP contribution in [0, 0.1) is 0 Å². The molecule has 1 aliphatic rings. The second kappa shape index (κ2) is 8.81. The van der Waals surface area contributed by atoms with E-state index in [9.17, 15) is 13.2 Å². The van der Waals surface area contributed by atoms with Gasteiger partial charge in [0, 0.05) is 18.3 Å². The first-order valence-electron chi connectivity index (χ1n) is 9.59. The number of benzene rings is 2. The van der Waals surface area contributed by atoms with Gasteiger partial charge in [0.15, 0.2) is 0 Å². The molecule has 1 aromatic heterocycles. The van der Waals surface area contributed by atoms with Crippen LogP contribution in [-0.4, -0.2) is 36.4 Å². The number of para-hydroxylation sites is 1. The smallest absolute Gasteiger partial charge is 0.423 e. The van der Waals surface area contributed by atoms with E-state index in [1.165, 1.54) is 0 Å². The zero-order chi connectivity index (χ0) is 21.8. The highest BCUT2D eigenvalue weighted by molar-refractivity contribution is 5.70. The van der Waals surface area contributed by atoms with Crippen LogP contribution in [0.4, 0.5) is 19.1 Å². The van der Waals surface area contributed by atoms with Crippen LogP contribution in [0.5, 0.6) is 11.6 Å². The monoisotopic (exact) mass is 431 g/mol. The van der Waals surface area contributed by atoms with Gasteiger partial charge < -0.3 is 19.5 Å². The summed E-state index contributed by atoms with van der Waals surface area (Å²) in [6, 6.07) is 15.4. The molecule has 0 spiro atoms. The Kier molecular flexibility index (Phi) is 5.94. The van der Waals surface area contributed by atoms with Gasteiger partial charge in [0.25, 0.3) is 0 Å². The molecule has 0 amide bonds. The number of rotatable bonds is 7. The summed E-state index contributed by atoms with van der Waals surface area (Å²) in [6.45, 7) is 0.814. The topological polar surface area (TPSA) is 65.5 Å². The Morgan fingerprint density at radius 3 is 2.48 bits per heavy atom. The Morgan fingerprint density at radius 2 is 1.84 bits per heavy atom. The van der Waals surface area contributed by atoms with Crippen molar-refractivity contribution in [2.75, 3.05) is 25.6 Å². The molecule has 0 saturated carbocycles. The number of ether oxygens (including phenoxy) is 3. The number of nitrogens with zero attached hydrogens (tertiary/aromatic N) is 2. The summed E-state index contributed by atoms with van der Waals surface area (Å²) in [5.74, 6) is 0.331. The lowest BCUT2D eigenvalue weighted by molar-refractivity contribution is -0.142. The quantitative estimate of drug-likeness (QED) is 0.592. The molecule has 2 heterocycles. The zero-order valence-corrected chi connectivity index (χ0v) is 16.6. The van der Waals surface area contributed by atoms with E-state index in [1.807, 2.05) is 48.5 Å². The standard InChI is InChI=1S/C22H20F3N3O3/c1-29-19-5-3-2-4-17(19)15-8-6-14(7-9-15)10-26-21-27-11-18(22(23,24)25)20(28-21)31-16-12-30-13-16/h2-9,11,16H,10,12-13H2,1H3,(H,26,27,28). The van der Waals surface area contributed by atoms with E-state index in [4.69, 9.17) is 14.2 Å². The van der Waals surface area contributed by atoms with Crippen LogP contribution in [-0.2, 0) is 17.5 Å². The summed E-state index contributed by atoms with van der Waals surface area (Å²) in [7, 11) is 1.62. The van der Waals surface area contributed by atoms with Crippen LogP contribution in [0.2, 0.25) is 0 Å². The molecule has 2 aromatic carbocycles. The van der Waals surface area contributed by atoms with Crippen LogP contribution in [0.1, 0.15) is 11.1 Å². The van der Waals surface area contributed by atoms with Crippen molar-refractivity contribution in [3.63, 3.8) is 0 Å². The van der Waals surface area contributed by atoms with Crippen LogP contribution in [0.3, 0.4) is 0 Å². The Bertz CT molecular complexity index is 1040. The zero-order valence-electron chi connectivity index (χ0n) is 16.6. The van der Waals surface area contributed by atoms with Gasteiger partial charge in [0.1, 0.15) is 17.4 Å². The highest BCUT2D eigenvalue weighted by Gasteiger charge is 2.37. The molecule has 31 heavy (non-hydrogen) atoms. The number of aromatic nitrogens is 2. The molecule has 0 bridgehead atoms. The molecule has 162 valence electrons. The van der Waals surface area contributed by atoms with E-state index in [0.29, 0.717) is 6.54 Å². The molecule has 1 saturated heterocycles. The highest BCUT2D eigenvalue weighted by Crippen LogP contribution is 2.36. The lowest BCUT2D eigenvalue weighted by Crippen LogP contribution is -2.39. The van der Waals surface area contributed by atoms with Crippen molar-refractivity contribution in [1.29, 1.82) is 0 Å². The molecular formula is C22H20F3N3O3. The number of alkyl halides is 3. The molecular weight excluding hydrogens is 411 g/mol. The fourth-order valence-electron chi connectivity index (χ4n) is 3.04. The minimum absolute atomic E-state index is 0.0528. The first-order chi connectivity index (χ1) is 14.9. The Hall–Kier alpha value is -3.33. The molecule has 1 N–H and O–H groups in total. The third kappa shape index (κ3) is 4.88. The highest BCUT2D eigenvalue weighted by atomic mass is 19.4. The van der Waals surface area contributed by atoms with Gasteiger partial charge in [-0.15, -0.1) is 0 Å². The Morgan fingerprint density at radius 1 is 1.10 bits per heavy atom. The van der Waals surface area contributed by atoms with Gasteiger partial charge in [0.2, 0.25) is 11.8 Å². The third-order valence-electron chi connectivity index (χ3n) is 4.77. The summed E-state index contributed by atoms with van der Waals surface area (Å²) in [5.41, 5.74) is 1.87. The van der Waals surface area contributed by atoms with E-state index >= 15 is 0 Å². The van der Waals surface area contributed by atoms with Gasteiger partial charge in [-0.05, 0) is 17.2 Å². The van der Waals surface area contributed by atoms with Crippen LogP contribution in [0.25, 0.3) is 11.1 Å². The second-order valence-electron chi connectivity index (χ2n) is 6.94. The van der Waals surface area contributed by atoms with E-state index < -0.39 is 23.7 Å². The normalized spacial score (nSPS) is 14.1. The SMILES string of the molecule is COc1ccccc1-c1ccc(CNc2ncc(C(F)(F)F)c(OC3COC3)n2)cc1. The van der Waals surface area contributed by atoms with Gasteiger partial charge in [-0.1, -0.05) is 42.5 Å². The lowest BCUT2D eigenvalue weighted by Gasteiger charge is -2.27. The molecule has 1 fully saturated rings. The van der Waals surface area contributed by atoms with Crippen molar-refractivity contribution >= 4 is 5.95 Å². The first kappa shape index (κ1) is 20.9. The molecule has 6 nitrogen and oxygen atoms in total. The van der Waals surface area contributed by atoms with Gasteiger partial charge >= 0.3 is 6.18 Å². The fourth-order valence-corrected chi connectivity index (χ4v) is 3.04. The maximum Gasteiger partial charge on any atom is 0.423 e. The first-order valence-corrected chi connectivity index (χ1v) is 9.59. The Balaban J connectivity index is 1.46. The average Bonchev–Trinajstić information content (AvgIpc) is 2.74. The summed E-state index contributed by atoms with van der Waals surface area (Å²) in [6.07, 6.45) is -4.31. The predicted octanol–water partition coefficient (Wildman–Crippen LogP) is 4.56. The van der Waals surface area contributed by atoms with Gasteiger partial charge in [0.05, 0.1) is 20.3 Å². The van der Waals surface area contributed by atoms with Crippen LogP contribution >= 0.6 is 0 Å². The van der Waals surface area contributed by atoms with Crippen molar-refractivity contribution in [2.45, 2.75) is 18.8 Å². The number of methoxy groups -OCH3 is 1. The second-order valence-corrected chi connectivity index (χ2v) is 6.94. The van der Waals surface area contributed by atoms with E-state index in [-0.39, 0.29) is 19.2 Å². The van der Waals surface area contributed by atoms with E-state index in [1.54, 1.807) is 7.11 Å². The molecule has 9 heteroatoms. The summed E-state index contributed by atoms with van der Waals surface area (Å²) >= 11 is 0. The summed E-state index contributed by atoms with van der Waals surface area (Å²) < 4.78 is 55.3. The minimum atomic E-state index is -4.60. The van der Waals surface area contributed by atoms with Crippen LogP contribution in [0.15, 0.2) is 54.7 Å². The van der Waals surface area contributed by atoms with Crippen molar-refractivity contribution in [3.8, 4) is 22.8 Å². The lowest BCUT2D eigenvalue weighted by atomic mass is 10.0. The summed E-state index contributed by atoms with van der Waals surface area (Å²) in [5, 5.41) is 2.95. The number of halogens is 3. The van der Waals surface area contributed by atoms with Crippen molar-refractivity contribution < 1.29 is 27.4 Å². The van der Waals surface area contributed by atoms with Gasteiger partial charge in [-0.25, -0.2) is 4.98 Å². The van der Waals surface area contributed by atoms with Crippen molar-refractivity contribution in [3.05, 3.63) is 65.9 Å². The largest absolute Gasteiger partial charge is 0.496 e.